The molecule has 35 heavy (non-hydrogen) atoms. The number of hydrogen-bond acceptors (Lipinski definition) is 4. The maximum Gasteiger partial charge on any atom is 0.328 e. The van der Waals surface area contributed by atoms with E-state index in [9.17, 15) is 9.59 Å². The zero-order valence-electron chi connectivity index (χ0n) is 20.6. The molecule has 6 nitrogen and oxygen atoms in total. The minimum atomic E-state index is -1.42. The largest absolute Gasteiger partial charge is 0.497 e. The van der Waals surface area contributed by atoms with E-state index in [1.54, 1.807) is 18.1 Å². The van der Waals surface area contributed by atoms with Gasteiger partial charge in [-0.05, 0) is 73.8 Å². The third-order valence-corrected chi connectivity index (χ3v) is 10.0. The zero-order chi connectivity index (χ0) is 24.5. The number of methoxy groups -OCH3 is 1. The van der Waals surface area contributed by atoms with Crippen molar-refractivity contribution in [2.75, 3.05) is 20.3 Å². The second-order valence-electron chi connectivity index (χ2n) is 12.0. The van der Waals surface area contributed by atoms with Crippen molar-refractivity contribution in [3.05, 3.63) is 35.1 Å². The highest BCUT2D eigenvalue weighted by Crippen LogP contribution is 2.70. The normalized spacial score (nSPS) is 42.0. The summed E-state index contributed by atoms with van der Waals surface area (Å²) >= 11 is 0. The van der Waals surface area contributed by atoms with Crippen molar-refractivity contribution in [3.8, 4) is 0 Å². The minimum Gasteiger partial charge on any atom is -0.497 e. The molecule has 6 atom stereocenters. The molecule has 190 valence electrons. The molecule has 0 spiro atoms. The molecule has 7 rings (SSSR count). The first-order valence-electron chi connectivity index (χ1n) is 13.3. The van der Waals surface area contributed by atoms with Gasteiger partial charge < -0.3 is 19.5 Å². The van der Waals surface area contributed by atoms with Crippen LogP contribution in [0.25, 0.3) is 0 Å². The molecule has 7 heteroatoms. The molecule has 1 aliphatic heterocycles. The van der Waals surface area contributed by atoms with Gasteiger partial charge in [0.2, 0.25) is 0 Å². The number of alkyl halides is 1. The summed E-state index contributed by atoms with van der Waals surface area (Å²) in [5, 5.41) is 9.10. The van der Waals surface area contributed by atoms with E-state index in [1.165, 1.54) is 31.8 Å². The van der Waals surface area contributed by atoms with Crippen LogP contribution < -0.4 is 0 Å². The third kappa shape index (κ3) is 3.85. The Morgan fingerprint density at radius 3 is 2.54 bits per heavy atom. The average molecular weight is 486 g/mol. The van der Waals surface area contributed by atoms with E-state index in [1.807, 2.05) is 6.92 Å². The van der Waals surface area contributed by atoms with Crippen LogP contribution >= 0.6 is 0 Å². The van der Waals surface area contributed by atoms with Crippen LogP contribution in [0.4, 0.5) is 4.39 Å². The van der Waals surface area contributed by atoms with Gasteiger partial charge in [-0.2, -0.15) is 0 Å². The predicted molar refractivity (Wildman–Crippen MR) is 127 cm³/mol. The summed E-state index contributed by atoms with van der Waals surface area (Å²) in [6, 6.07) is -0.453. The summed E-state index contributed by atoms with van der Waals surface area (Å²) in [5.41, 5.74) is 1.47. The SMILES string of the molecule is CO[C@H]1CN(C(=O)C2=CC(C3CC3)=C(OCC34CC5CC3CC5C4)CC2F)C(/C=C/C(=O)O)C1C. The summed E-state index contributed by atoms with van der Waals surface area (Å²) in [6.45, 7) is 2.94. The molecule has 1 saturated heterocycles. The summed E-state index contributed by atoms with van der Waals surface area (Å²) in [4.78, 5) is 26.3. The smallest absolute Gasteiger partial charge is 0.328 e. The number of allylic oxidation sites excluding steroid dienone is 3. The van der Waals surface area contributed by atoms with Crippen molar-refractivity contribution in [1.82, 2.24) is 4.90 Å². The van der Waals surface area contributed by atoms with E-state index in [0.29, 0.717) is 24.5 Å². The van der Waals surface area contributed by atoms with Gasteiger partial charge in [-0.1, -0.05) is 13.0 Å². The fraction of sp³-hybridized carbons (Fsp3) is 0.714. The van der Waals surface area contributed by atoms with Crippen molar-refractivity contribution >= 4 is 11.9 Å². The molecule has 4 bridgehead atoms. The summed E-state index contributed by atoms with van der Waals surface area (Å²) in [6.07, 6.45) is 10.1. The third-order valence-electron chi connectivity index (χ3n) is 10.0. The van der Waals surface area contributed by atoms with Crippen molar-refractivity contribution in [3.63, 3.8) is 0 Å². The van der Waals surface area contributed by atoms with E-state index in [4.69, 9.17) is 14.6 Å². The molecule has 1 heterocycles. The number of hydrogen-bond donors (Lipinski definition) is 1. The Morgan fingerprint density at radius 1 is 1.26 bits per heavy atom. The fourth-order valence-electron chi connectivity index (χ4n) is 8.07. The van der Waals surface area contributed by atoms with Crippen LogP contribution in [0.3, 0.4) is 0 Å². The van der Waals surface area contributed by atoms with Crippen LogP contribution in [0.1, 0.15) is 51.9 Å². The van der Waals surface area contributed by atoms with Gasteiger partial charge in [0.25, 0.3) is 5.91 Å². The highest BCUT2D eigenvalue weighted by molar-refractivity contribution is 5.96. The molecule has 5 saturated carbocycles. The Morgan fingerprint density at radius 2 is 1.97 bits per heavy atom. The first-order valence-corrected chi connectivity index (χ1v) is 13.3. The second-order valence-corrected chi connectivity index (χ2v) is 12.0. The van der Waals surface area contributed by atoms with E-state index in [0.717, 1.165) is 48.0 Å². The maximum atomic E-state index is 15.6. The molecule has 0 aromatic rings. The Kier molecular flexibility index (Phi) is 5.62. The Bertz CT molecular complexity index is 999. The highest BCUT2D eigenvalue weighted by atomic mass is 19.1. The quantitative estimate of drug-likeness (QED) is 0.520. The molecule has 0 aromatic carbocycles. The van der Waals surface area contributed by atoms with Crippen LogP contribution in [0.5, 0.6) is 0 Å². The van der Waals surface area contributed by atoms with Gasteiger partial charge >= 0.3 is 5.97 Å². The van der Waals surface area contributed by atoms with Crippen LogP contribution in [0.15, 0.2) is 35.1 Å². The molecule has 6 fully saturated rings. The van der Waals surface area contributed by atoms with Gasteiger partial charge in [-0.3, -0.25) is 4.79 Å². The lowest BCUT2D eigenvalue weighted by Gasteiger charge is -2.32. The van der Waals surface area contributed by atoms with Crippen molar-refractivity contribution < 1.29 is 28.6 Å². The fourth-order valence-corrected chi connectivity index (χ4v) is 8.07. The van der Waals surface area contributed by atoms with Gasteiger partial charge in [0, 0.05) is 37.5 Å². The Balaban J connectivity index is 1.23. The number of carboxylic acids is 1. The van der Waals surface area contributed by atoms with E-state index in [2.05, 4.69) is 0 Å². The van der Waals surface area contributed by atoms with Crippen molar-refractivity contribution in [1.29, 1.82) is 0 Å². The topological polar surface area (TPSA) is 76.1 Å². The van der Waals surface area contributed by atoms with Crippen molar-refractivity contribution in [2.45, 2.75) is 70.2 Å². The molecule has 6 aliphatic carbocycles. The van der Waals surface area contributed by atoms with Gasteiger partial charge in [0.05, 0.1) is 24.3 Å². The lowest BCUT2D eigenvalue weighted by molar-refractivity contribution is -0.132. The first kappa shape index (κ1) is 23.3. The number of carbonyl (C=O) groups is 2. The average Bonchev–Trinajstić information content (AvgIpc) is 3.07. The molecule has 0 aromatic heterocycles. The molecular formula is C28H36FNO5. The summed E-state index contributed by atoms with van der Waals surface area (Å²) < 4.78 is 27.5. The number of aliphatic carboxylic acids is 1. The highest BCUT2D eigenvalue weighted by Gasteiger charge is 2.63. The van der Waals surface area contributed by atoms with E-state index >= 15 is 4.39 Å². The molecule has 1 N–H and O–H groups in total. The maximum absolute atomic E-state index is 15.6. The Hall–Kier alpha value is -2.15. The molecule has 1 amide bonds. The minimum absolute atomic E-state index is 0.0914. The molecule has 0 radical (unpaired) electrons. The number of halogens is 1. The van der Waals surface area contributed by atoms with Crippen LogP contribution in [-0.2, 0) is 19.1 Å². The van der Waals surface area contributed by atoms with Crippen molar-refractivity contribution in [2.24, 2.45) is 35.0 Å². The number of carbonyl (C=O) groups excluding carboxylic acids is 1. The number of rotatable bonds is 8. The lowest BCUT2D eigenvalue weighted by atomic mass is 9.81. The monoisotopic (exact) mass is 485 g/mol. The van der Waals surface area contributed by atoms with Gasteiger partial charge in [0.15, 0.2) is 0 Å². The summed E-state index contributed by atoms with van der Waals surface area (Å²) in [5.74, 6) is 2.12. The van der Waals surface area contributed by atoms with Crippen LogP contribution in [-0.4, -0.2) is 60.5 Å². The zero-order valence-corrected chi connectivity index (χ0v) is 20.6. The van der Waals surface area contributed by atoms with E-state index in [-0.39, 0.29) is 29.9 Å². The van der Waals surface area contributed by atoms with Gasteiger partial charge in [-0.15, -0.1) is 0 Å². The van der Waals surface area contributed by atoms with Gasteiger partial charge in [-0.25, -0.2) is 9.18 Å². The Labute approximate surface area is 206 Å². The molecule has 7 aliphatic rings. The van der Waals surface area contributed by atoms with E-state index < -0.39 is 18.2 Å². The molecular weight excluding hydrogens is 449 g/mol. The second kappa shape index (κ2) is 8.46. The number of nitrogens with zero attached hydrogens (tertiary/aromatic N) is 1. The number of amides is 1. The van der Waals surface area contributed by atoms with Crippen LogP contribution in [0.2, 0.25) is 0 Å². The lowest BCUT2D eigenvalue weighted by Crippen LogP contribution is -2.40. The van der Waals surface area contributed by atoms with Gasteiger partial charge in [0.1, 0.15) is 11.9 Å². The summed E-state index contributed by atoms with van der Waals surface area (Å²) in [7, 11) is 1.59. The standard InChI is InChI=1S/C28H36FNO5/c1-15-23(5-6-26(31)32)30(13-25(15)34-2)27(33)21-9-20(16-3-4-16)24(10-22(21)29)35-14-28-11-17-7-19(28)8-18(17)12-28/h5-6,9,15-19,22-23,25H,3-4,7-8,10-14H2,1-2H3,(H,31,32)/b6-5+/t15?,17?,18?,19?,22?,23?,25-,28?/m0/s1. The number of ether oxygens (including phenoxy) is 2. The predicted octanol–water partition coefficient (Wildman–Crippen LogP) is 4.27. The number of carboxylic acid groups (broad SMARTS) is 1. The first-order chi connectivity index (χ1) is 16.8. The van der Waals surface area contributed by atoms with Crippen LogP contribution in [0, 0.1) is 35.0 Å². The molecule has 5 unspecified atom stereocenters. The number of likely N-dealkylation sites (tertiary alicyclic amines) is 1.